The lowest BCUT2D eigenvalue weighted by Gasteiger charge is -2.02. The summed E-state index contributed by atoms with van der Waals surface area (Å²) in [6.45, 7) is 0. The van der Waals surface area contributed by atoms with Crippen LogP contribution in [0.1, 0.15) is 12.0 Å². The molecule has 3 nitrogen and oxygen atoms in total. The van der Waals surface area contributed by atoms with Crippen LogP contribution >= 0.6 is 0 Å². The van der Waals surface area contributed by atoms with Crippen molar-refractivity contribution in [1.82, 2.24) is 0 Å². The summed E-state index contributed by atoms with van der Waals surface area (Å²) in [6, 6.07) is 9.02. The highest BCUT2D eigenvalue weighted by Gasteiger charge is 2.03. The summed E-state index contributed by atoms with van der Waals surface area (Å²) in [7, 11) is 1.55. The van der Waals surface area contributed by atoms with E-state index in [9.17, 15) is 4.79 Å². The molecule has 0 aliphatic rings. The zero-order valence-corrected chi connectivity index (χ0v) is 7.33. The number of methoxy groups -OCH3 is 1. The lowest BCUT2D eigenvalue weighted by atomic mass is 10.1. The number of hydrogen-bond donors (Lipinski definition) is 1. The van der Waals surface area contributed by atoms with Gasteiger partial charge in [0.2, 0.25) is 0 Å². The van der Waals surface area contributed by atoms with Crippen molar-refractivity contribution in [2.24, 2.45) is 0 Å². The van der Waals surface area contributed by atoms with Gasteiger partial charge in [0.15, 0.2) is 0 Å². The fourth-order valence-electron chi connectivity index (χ4n) is 1.02. The predicted octanol–water partition coefficient (Wildman–Crippen LogP) is 1.31. The first-order valence-corrected chi connectivity index (χ1v) is 3.91. The monoisotopic (exact) mass is 178 g/mol. The van der Waals surface area contributed by atoms with Gasteiger partial charge in [-0.1, -0.05) is 12.1 Å². The highest BCUT2D eigenvalue weighted by Crippen LogP contribution is 2.15. The van der Waals surface area contributed by atoms with Crippen molar-refractivity contribution >= 4 is 5.97 Å². The minimum absolute atomic E-state index is 0.0880. The number of carbonyl (C=O) groups is 1. The predicted molar refractivity (Wildman–Crippen MR) is 46.6 cm³/mol. The summed E-state index contributed by atoms with van der Waals surface area (Å²) in [4.78, 5) is 10.3. The molecular formula is C10H10O3. The highest BCUT2D eigenvalue weighted by atomic mass is 16.5. The zero-order valence-electron chi connectivity index (χ0n) is 7.33. The fraction of sp³-hybridized carbons (Fsp3) is 0.300. The molecule has 0 radical (unpaired) electrons. The van der Waals surface area contributed by atoms with E-state index in [2.05, 4.69) is 12.1 Å². The summed E-state index contributed by atoms with van der Waals surface area (Å²) in [6.07, 6.45) is 0.514. The smallest absolute Gasteiger partial charge is 0.303 e. The summed E-state index contributed by atoms with van der Waals surface area (Å²) in [5, 5.41) is 8.47. The Morgan fingerprint density at radius 3 is 3.08 bits per heavy atom. The SMILES string of the molecule is COc1ccc#cc1CCC(=O)O. The van der Waals surface area contributed by atoms with Crippen molar-refractivity contribution in [2.45, 2.75) is 12.8 Å². The number of carboxylic acid groups (broad SMARTS) is 1. The molecule has 1 N–H and O–H groups in total. The van der Waals surface area contributed by atoms with Gasteiger partial charge in [-0.3, -0.25) is 4.79 Å². The van der Waals surface area contributed by atoms with E-state index in [1.54, 1.807) is 19.2 Å². The van der Waals surface area contributed by atoms with E-state index in [0.29, 0.717) is 12.2 Å². The zero-order chi connectivity index (χ0) is 9.68. The Bertz CT molecular complexity index is 294. The maximum atomic E-state index is 10.3. The third-order valence-corrected chi connectivity index (χ3v) is 1.65. The van der Waals surface area contributed by atoms with Gasteiger partial charge in [-0.25, -0.2) is 0 Å². The number of hydrogen-bond acceptors (Lipinski definition) is 2. The molecule has 0 fully saturated rings. The molecule has 0 spiro atoms. The maximum Gasteiger partial charge on any atom is 0.303 e. The second-order valence-corrected chi connectivity index (χ2v) is 2.54. The van der Waals surface area contributed by atoms with Gasteiger partial charge in [0.05, 0.1) is 13.5 Å². The number of carboxylic acids is 1. The van der Waals surface area contributed by atoms with Crippen LogP contribution in [0.4, 0.5) is 0 Å². The molecule has 68 valence electrons. The van der Waals surface area contributed by atoms with E-state index in [1.807, 2.05) is 0 Å². The van der Waals surface area contributed by atoms with Gasteiger partial charge in [0, 0.05) is 5.56 Å². The van der Waals surface area contributed by atoms with Crippen molar-refractivity contribution < 1.29 is 14.6 Å². The van der Waals surface area contributed by atoms with Crippen LogP contribution in [0, 0.1) is 12.1 Å². The van der Waals surface area contributed by atoms with Crippen LogP contribution in [-0.4, -0.2) is 18.2 Å². The lowest BCUT2D eigenvalue weighted by molar-refractivity contribution is -0.136. The Balaban J connectivity index is 2.69. The number of aliphatic carboxylic acids is 1. The van der Waals surface area contributed by atoms with Gasteiger partial charge in [0.1, 0.15) is 5.75 Å². The van der Waals surface area contributed by atoms with Crippen LogP contribution < -0.4 is 4.74 Å². The minimum Gasteiger partial charge on any atom is -0.496 e. The molecule has 1 rings (SSSR count). The molecule has 0 saturated heterocycles. The summed E-state index contributed by atoms with van der Waals surface area (Å²) >= 11 is 0. The van der Waals surface area contributed by atoms with Crippen LogP contribution in [0.25, 0.3) is 0 Å². The molecule has 0 amide bonds. The van der Waals surface area contributed by atoms with Gasteiger partial charge in [-0.15, -0.1) is 0 Å². The molecule has 0 aromatic heterocycles. The molecule has 0 bridgehead atoms. The molecule has 13 heavy (non-hydrogen) atoms. The second kappa shape index (κ2) is 4.36. The van der Waals surface area contributed by atoms with E-state index in [1.165, 1.54) is 0 Å². The van der Waals surface area contributed by atoms with Gasteiger partial charge in [-0.05, 0) is 18.6 Å². The Labute approximate surface area is 77.0 Å². The molecule has 1 aromatic carbocycles. The topological polar surface area (TPSA) is 46.5 Å². The minimum atomic E-state index is -0.820. The Kier molecular flexibility index (Phi) is 3.15. The normalized spacial score (nSPS) is 9.00. The summed E-state index contributed by atoms with van der Waals surface area (Å²) in [5.41, 5.74) is 0.757. The van der Waals surface area contributed by atoms with Crippen molar-refractivity contribution in [3.05, 3.63) is 29.8 Å². The third-order valence-electron chi connectivity index (χ3n) is 1.65. The van der Waals surface area contributed by atoms with Gasteiger partial charge >= 0.3 is 5.97 Å². The molecule has 0 heterocycles. The first kappa shape index (κ1) is 9.40. The van der Waals surface area contributed by atoms with Crippen LogP contribution in [0.3, 0.4) is 0 Å². The van der Waals surface area contributed by atoms with Crippen molar-refractivity contribution in [3.63, 3.8) is 0 Å². The van der Waals surface area contributed by atoms with Gasteiger partial charge in [-0.2, -0.15) is 0 Å². The molecule has 0 saturated carbocycles. The fourth-order valence-corrected chi connectivity index (χ4v) is 1.02. The van der Waals surface area contributed by atoms with Crippen molar-refractivity contribution in [1.29, 1.82) is 0 Å². The Hall–Kier alpha value is -1.69. The van der Waals surface area contributed by atoms with E-state index < -0.39 is 5.97 Å². The quantitative estimate of drug-likeness (QED) is 0.756. The van der Waals surface area contributed by atoms with Gasteiger partial charge in [0.25, 0.3) is 0 Å². The maximum absolute atomic E-state index is 10.3. The second-order valence-electron chi connectivity index (χ2n) is 2.54. The summed E-state index contributed by atoms with van der Waals surface area (Å²) in [5.74, 6) is -0.153. The average Bonchev–Trinajstić information content (AvgIpc) is 2.15. The third kappa shape index (κ3) is 2.68. The standard InChI is InChI=1S/C10H10O3/c1-13-9-5-3-2-4-8(9)6-7-10(11)12/h3,5H,6-7H2,1H3,(H,11,12). The largest absolute Gasteiger partial charge is 0.496 e. The van der Waals surface area contributed by atoms with Crippen LogP contribution in [0.5, 0.6) is 5.75 Å². The summed E-state index contributed by atoms with van der Waals surface area (Å²) < 4.78 is 5.03. The van der Waals surface area contributed by atoms with E-state index in [0.717, 1.165) is 5.56 Å². The molecule has 0 unspecified atom stereocenters. The van der Waals surface area contributed by atoms with Crippen LogP contribution in [-0.2, 0) is 11.2 Å². The van der Waals surface area contributed by atoms with Crippen LogP contribution in [0.15, 0.2) is 12.1 Å². The molecule has 0 atom stereocenters. The number of rotatable bonds is 4. The first-order chi connectivity index (χ1) is 6.24. The molecule has 3 heteroatoms. The average molecular weight is 178 g/mol. The van der Waals surface area contributed by atoms with E-state index >= 15 is 0 Å². The van der Waals surface area contributed by atoms with Crippen molar-refractivity contribution in [2.75, 3.05) is 7.11 Å². The van der Waals surface area contributed by atoms with Gasteiger partial charge < -0.3 is 9.84 Å². The van der Waals surface area contributed by atoms with E-state index in [4.69, 9.17) is 9.84 Å². The molecular weight excluding hydrogens is 168 g/mol. The molecule has 0 aliphatic heterocycles. The van der Waals surface area contributed by atoms with E-state index in [-0.39, 0.29) is 6.42 Å². The Morgan fingerprint density at radius 1 is 1.69 bits per heavy atom. The molecule has 1 aromatic rings. The van der Waals surface area contributed by atoms with Crippen molar-refractivity contribution in [3.8, 4) is 5.75 Å². The molecule has 0 aliphatic carbocycles. The number of ether oxygens (including phenoxy) is 1. The Morgan fingerprint density at radius 2 is 2.46 bits per heavy atom. The highest BCUT2D eigenvalue weighted by molar-refractivity contribution is 5.67. The first-order valence-electron chi connectivity index (χ1n) is 3.91. The van der Waals surface area contributed by atoms with Crippen LogP contribution in [0.2, 0.25) is 0 Å². The lowest BCUT2D eigenvalue weighted by Crippen LogP contribution is -1.98.